The van der Waals surface area contributed by atoms with E-state index in [1.165, 1.54) is 23.1 Å². The zero-order chi connectivity index (χ0) is 16.5. The highest BCUT2D eigenvalue weighted by Gasteiger charge is 2.14. The molecule has 24 heavy (non-hydrogen) atoms. The molecule has 118 valence electrons. The van der Waals surface area contributed by atoms with Gasteiger partial charge in [0.15, 0.2) is 5.16 Å². The zero-order valence-electron chi connectivity index (χ0n) is 12.2. The van der Waals surface area contributed by atoms with E-state index in [9.17, 15) is 4.79 Å². The Morgan fingerprint density at radius 3 is 3.17 bits per heavy atom. The van der Waals surface area contributed by atoms with Gasteiger partial charge in [-0.15, -0.1) is 16.4 Å². The molecule has 0 aliphatic rings. The lowest BCUT2D eigenvalue weighted by Gasteiger charge is -2.02. The van der Waals surface area contributed by atoms with Gasteiger partial charge in [-0.2, -0.15) is 5.26 Å². The van der Waals surface area contributed by atoms with Crippen LogP contribution in [0, 0.1) is 11.3 Å². The molecule has 9 heteroatoms. The summed E-state index contributed by atoms with van der Waals surface area (Å²) < 4.78 is 1.89. The third-order valence-corrected chi connectivity index (χ3v) is 5.14. The molecular weight excluding hydrogens is 344 g/mol. The Hall–Kier alpha value is -2.83. The van der Waals surface area contributed by atoms with E-state index < -0.39 is 0 Å². The molecule has 3 aromatic heterocycles. The normalized spacial score (nSPS) is 11.0. The quantitative estimate of drug-likeness (QED) is 0.549. The summed E-state index contributed by atoms with van der Waals surface area (Å²) >= 11 is 2.64. The second kappa shape index (κ2) is 5.99. The predicted molar refractivity (Wildman–Crippen MR) is 93.2 cm³/mol. The largest absolute Gasteiger partial charge is 0.316 e. The van der Waals surface area contributed by atoms with Gasteiger partial charge in [-0.1, -0.05) is 23.9 Å². The third-order valence-electron chi connectivity index (χ3n) is 3.37. The maximum absolute atomic E-state index is 12.1. The van der Waals surface area contributed by atoms with Crippen LogP contribution in [0.15, 0.2) is 40.9 Å². The monoisotopic (exact) mass is 354 g/mol. The average Bonchev–Trinajstić information content (AvgIpc) is 3.27. The van der Waals surface area contributed by atoms with Crippen LogP contribution in [0.25, 0.3) is 16.8 Å². The van der Waals surface area contributed by atoms with Gasteiger partial charge in [-0.25, -0.2) is 10.1 Å². The van der Waals surface area contributed by atoms with Crippen LogP contribution in [0.4, 0.5) is 5.00 Å². The van der Waals surface area contributed by atoms with Crippen molar-refractivity contribution < 1.29 is 4.79 Å². The van der Waals surface area contributed by atoms with Gasteiger partial charge < -0.3 is 5.32 Å². The number of aromatic nitrogens is 4. The van der Waals surface area contributed by atoms with Gasteiger partial charge in [0, 0.05) is 0 Å². The summed E-state index contributed by atoms with van der Waals surface area (Å²) in [7, 11) is 0. The lowest BCUT2D eigenvalue weighted by molar-refractivity contribution is -0.113. The third kappa shape index (κ3) is 2.51. The molecule has 0 saturated carbocycles. The lowest BCUT2D eigenvalue weighted by Crippen LogP contribution is -2.14. The molecule has 0 atom stereocenters. The summed E-state index contributed by atoms with van der Waals surface area (Å²) in [5.41, 5.74) is 2.28. The van der Waals surface area contributed by atoms with Crippen LogP contribution in [-0.2, 0) is 4.79 Å². The first-order valence-electron chi connectivity index (χ1n) is 6.98. The van der Waals surface area contributed by atoms with Crippen molar-refractivity contribution in [1.29, 1.82) is 5.26 Å². The zero-order valence-corrected chi connectivity index (χ0v) is 13.8. The van der Waals surface area contributed by atoms with Crippen LogP contribution >= 0.6 is 23.1 Å². The smallest absolute Gasteiger partial charge is 0.235 e. The predicted octanol–water partition coefficient (Wildman–Crippen LogP) is 2.87. The molecule has 0 spiro atoms. The number of nitriles is 1. The van der Waals surface area contributed by atoms with Crippen molar-refractivity contribution in [2.45, 2.75) is 5.16 Å². The first-order chi connectivity index (χ1) is 11.8. The van der Waals surface area contributed by atoms with E-state index in [4.69, 9.17) is 5.26 Å². The van der Waals surface area contributed by atoms with E-state index in [0.717, 1.165) is 11.0 Å². The molecule has 0 aliphatic heterocycles. The number of rotatable bonds is 4. The number of anilines is 1. The number of carbonyl (C=O) groups is 1. The van der Waals surface area contributed by atoms with E-state index in [1.807, 2.05) is 28.7 Å². The van der Waals surface area contributed by atoms with Crippen LogP contribution in [-0.4, -0.2) is 31.2 Å². The number of amides is 1. The molecule has 3 heterocycles. The highest BCUT2D eigenvalue weighted by Crippen LogP contribution is 2.25. The van der Waals surface area contributed by atoms with E-state index in [1.54, 1.807) is 11.4 Å². The molecule has 0 unspecified atom stereocenters. The Morgan fingerprint density at radius 1 is 1.42 bits per heavy atom. The summed E-state index contributed by atoms with van der Waals surface area (Å²) in [6.07, 6.45) is 0. The Labute approximate surface area is 144 Å². The van der Waals surface area contributed by atoms with Crippen LogP contribution in [0.1, 0.15) is 5.56 Å². The van der Waals surface area contributed by atoms with Crippen LogP contribution in [0.2, 0.25) is 0 Å². The lowest BCUT2D eigenvalue weighted by atomic mass is 10.3. The highest BCUT2D eigenvalue weighted by atomic mass is 32.2. The fourth-order valence-electron chi connectivity index (χ4n) is 2.33. The van der Waals surface area contributed by atoms with Crippen LogP contribution in [0.3, 0.4) is 0 Å². The molecule has 4 rings (SSSR count). The summed E-state index contributed by atoms with van der Waals surface area (Å²) in [5, 5.41) is 21.8. The van der Waals surface area contributed by atoms with Gasteiger partial charge in [0.05, 0.1) is 22.3 Å². The molecule has 0 fully saturated rings. The van der Waals surface area contributed by atoms with Gasteiger partial charge in [0.1, 0.15) is 11.1 Å². The van der Waals surface area contributed by atoms with E-state index in [-0.39, 0.29) is 11.7 Å². The SMILES string of the molecule is N#Cc1ccsc1NC(=O)CSc1n[nH]c2nc3ccccc3n12. The van der Waals surface area contributed by atoms with Gasteiger partial charge in [-0.3, -0.25) is 9.20 Å². The van der Waals surface area contributed by atoms with Crippen molar-refractivity contribution in [2.24, 2.45) is 0 Å². The minimum atomic E-state index is -0.181. The number of H-pyrrole nitrogens is 1. The molecule has 4 aromatic rings. The fourth-order valence-corrected chi connectivity index (χ4v) is 3.84. The number of thioether (sulfide) groups is 1. The highest BCUT2D eigenvalue weighted by molar-refractivity contribution is 7.99. The number of benzene rings is 1. The number of fused-ring (bicyclic) bond motifs is 3. The summed E-state index contributed by atoms with van der Waals surface area (Å²) in [6, 6.07) is 11.5. The van der Waals surface area contributed by atoms with Crippen molar-refractivity contribution in [1.82, 2.24) is 19.6 Å². The minimum absolute atomic E-state index is 0.181. The number of para-hydroxylation sites is 2. The molecule has 0 bridgehead atoms. The number of hydrogen-bond donors (Lipinski definition) is 2. The maximum Gasteiger partial charge on any atom is 0.235 e. The van der Waals surface area contributed by atoms with E-state index in [2.05, 4.69) is 26.6 Å². The number of nitrogens with zero attached hydrogens (tertiary/aromatic N) is 4. The van der Waals surface area contributed by atoms with E-state index >= 15 is 0 Å². The molecule has 1 aromatic carbocycles. The second-order valence-corrected chi connectivity index (χ2v) is 6.74. The maximum atomic E-state index is 12.1. The van der Waals surface area contributed by atoms with Crippen LogP contribution in [0.5, 0.6) is 0 Å². The fraction of sp³-hybridized carbons (Fsp3) is 0.0667. The molecule has 1 amide bonds. The topological polar surface area (TPSA) is 98.9 Å². The average molecular weight is 354 g/mol. The Kier molecular flexibility index (Phi) is 3.68. The van der Waals surface area contributed by atoms with Crippen molar-refractivity contribution in [3.63, 3.8) is 0 Å². The van der Waals surface area contributed by atoms with Crippen molar-refractivity contribution in [3.8, 4) is 6.07 Å². The van der Waals surface area contributed by atoms with Crippen LogP contribution < -0.4 is 5.32 Å². The summed E-state index contributed by atoms with van der Waals surface area (Å²) in [6.45, 7) is 0. The van der Waals surface area contributed by atoms with E-state index in [0.29, 0.717) is 21.5 Å². The number of imidazole rings is 1. The molecule has 0 aliphatic carbocycles. The standard InChI is InChI=1S/C15H10N6OS2/c16-7-9-5-6-23-13(9)18-12(22)8-24-15-20-19-14-17-10-3-1-2-4-11(10)21(14)15/h1-6H,8H2,(H,17,19)(H,18,22). The number of nitrogens with one attached hydrogen (secondary N) is 2. The summed E-state index contributed by atoms with van der Waals surface area (Å²) in [4.78, 5) is 16.6. The molecule has 7 nitrogen and oxygen atoms in total. The number of hydrogen-bond acceptors (Lipinski definition) is 6. The van der Waals surface area contributed by atoms with Crippen molar-refractivity contribution in [3.05, 3.63) is 41.3 Å². The van der Waals surface area contributed by atoms with Gasteiger partial charge in [0.25, 0.3) is 0 Å². The Balaban J connectivity index is 1.53. The number of carbonyl (C=O) groups excluding carboxylic acids is 1. The van der Waals surface area contributed by atoms with Gasteiger partial charge >= 0.3 is 0 Å². The van der Waals surface area contributed by atoms with Gasteiger partial charge in [-0.05, 0) is 23.6 Å². The summed E-state index contributed by atoms with van der Waals surface area (Å²) in [5.74, 6) is 0.651. The molecule has 0 radical (unpaired) electrons. The Morgan fingerprint density at radius 2 is 2.29 bits per heavy atom. The van der Waals surface area contributed by atoms with Crippen molar-refractivity contribution >= 4 is 50.8 Å². The number of aromatic amines is 1. The molecular formula is C15H10N6OS2. The first-order valence-corrected chi connectivity index (χ1v) is 8.84. The first kappa shape index (κ1) is 14.7. The van der Waals surface area contributed by atoms with Crippen molar-refractivity contribution in [2.75, 3.05) is 11.1 Å². The molecule has 0 saturated heterocycles. The minimum Gasteiger partial charge on any atom is -0.316 e. The van der Waals surface area contributed by atoms with Gasteiger partial charge in [0.2, 0.25) is 11.7 Å². The number of thiophene rings is 1. The molecule has 2 N–H and O–H groups in total. The second-order valence-electron chi connectivity index (χ2n) is 4.88. The Bertz CT molecular complexity index is 1090.